The minimum absolute atomic E-state index is 0.112. The SMILES string of the molecule is O=C(Nc1ccc(N2CCN(Cc3ccccc3)CC2)cc1)C1(c2ccccc2)CC1. The Labute approximate surface area is 184 Å². The maximum atomic E-state index is 12.9. The average molecular weight is 412 g/mol. The van der Waals surface area contributed by atoms with Gasteiger partial charge in [-0.2, -0.15) is 0 Å². The van der Waals surface area contributed by atoms with E-state index in [2.05, 4.69) is 69.7 Å². The second kappa shape index (κ2) is 8.56. The molecule has 0 atom stereocenters. The number of nitrogens with zero attached hydrogens (tertiary/aromatic N) is 2. The van der Waals surface area contributed by atoms with Gasteiger partial charge >= 0.3 is 0 Å². The van der Waals surface area contributed by atoms with Crippen molar-refractivity contribution in [2.24, 2.45) is 0 Å². The molecule has 2 fully saturated rings. The summed E-state index contributed by atoms with van der Waals surface area (Å²) in [5.41, 5.74) is 4.26. The van der Waals surface area contributed by atoms with Crippen LogP contribution in [0.5, 0.6) is 0 Å². The predicted octanol–water partition coefficient (Wildman–Crippen LogP) is 4.68. The highest BCUT2D eigenvalue weighted by atomic mass is 16.2. The van der Waals surface area contributed by atoms with Crippen LogP contribution < -0.4 is 10.2 Å². The van der Waals surface area contributed by atoms with Crippen LogP contribution >= 0.6 is 0 Å². The summed E-state index contributed by atoms with van der Waals surface area (Å²) in [6.45, 7) is 5.19. The summed E-state index contributed by atoms with van der Waals surface area (Å²) in [4.78, 5) is 17.9. The van der Waals surface area contributed by atoms with E-state index in [1.54, 1.807) is 0 Å². The molecule has 158 valence electrons. The summed E-state index contributed by atoms with van der Waals surface area (Å²) >= 11 is 0. The molecule has 0 unspecified atom stereocenters. The van der Waals surface area contributed by atoms with E-state index in [0.29, 0.717) is 0 Å². The second-order valence-corrected chi connectivity index (χ2v) is 8.70. The van der Waals surface area contributed by atoms with Crippen LogP contribution in [0, 0.1) is 0 Å². The van der Waals surface area contributed by atoms with Crippen LogP contribution in [0.15, 0.2) is 84.9 Å². The van der Waals surface area contributed by atoms with Crippen LogP contribution in [0.2, 0.25) is 0 Å². The average Bonchev–Trinajstić information content (AvgIpc) is 3.64. The van der Waals surface area contributed by atoms with Crippen LogP contribution in [0.3, 0.4) is 0 Å². The van der Waals surface area contributed by atoms with E-state index >= 15 is 0 Å². The molecule has 3 aromatic rings. The number of rotatable bonds is 6. The van der Waals surface area contributed by atoms with Crippen molar-refractivity contribution in [2.45, 2.75) is 24.8 Å². The molecule has 0 radical (unpaired) electrons. The van der Waals surface area contributed by atoms with Gasteiger partial charge in [-0.1, -0.05) is 60.7 Å². The van der Waals surface area contributed by atoms with Crippen LogP contribution in [0.25, 0.3) is 0 Å². The van der Waals surface area contributed by atoms with E-state index < -0.39 is 0 Å². The highest BCUT2D eigenvalue weighted by Gasteiger charge is 2.51. The van der Waals surface area contributed by atoms with Gasteiger partial charge in [0.05, 0.1) is 5.41 Å². The number of anilines is 2. The monoisotopic (exact) mass is 411 g/mol. The zero-order valence-electron chi connectivity index (χ0n) is 17.8. The first-order valence-corrected chi connectivity index (χ1v) is 11.2. The summed E-state index contributed by atoms with van der Waals surface area (Å²) in [5.74, 6) is 0.112. The third kappa shape index (κ3) is 4.35. The molecule has 4 nitrogen and oxygen atoms in total. The Morgan fingerprint density at radius 3 is 2.00 bits per heavy atom. The molecule has 0 spiro atoms. The smallest absolute Gasteiger partial charge is 0.235 e. The van der Waals surface area contributed by atoms with E-state index in [4.69, 9.17) is 0 Å². The Balaban J connectivity index is 1.16. The van der Waals surface area contributed by atoms with Crippen molar-refractivity contribution in [3.63, 3.8) is 0 Å². The van der Waals surface area contributed by atoms with Gasteiger partial charge in [0.2, 0.25) is 5.91 Å². The first-order valence-electron chi connectivity index (χ1n) is 11.2. The predicted molar refractivity (Wildman–Crippen MR) is 126 cm³/mol. The Morgan fingerprint density at radius 1 is 0.774 bits per heavy atom. The number of hydrogen-bond acceptors (Lipinski definition) is 3. The maximum Gasteiger partial charge on any atom is 0.235 e. The van der Waals surface area contributed by atoms with Gasteiger partial charge in [-0.3, -0.25) is 9.69 Å². The lowest BCUT2D eigenvalue weighted by Gasteiger charge is -2.36. The van der Waals surface area contributed by atoms with Crippen LogP contribution in [0.4, 0.5) is 11.4 Å². The number of piperazine rings is 1. The van der Waals surface area contributed by atoms with E-state index in [-0.39, 0.29) is 11.3 Å². The lowest BCUT2D eigenvalue weighted by atomic mass is 9.95. The van der Waals surface area contributed by atoms with Gasteiger partial charge in [-0.15, -0.1) is 0 Å². The first kappa shape index (κ1) is 19.8. The zero-order valence-corrected chi connectivity index (χ0v) is 17.8. The van der Waals surface area contributed by atoms with Gasteiger partial charge in [-0.25, -0.2) is 0 Å². The molecule has 1 saturated heterocycles. The van der Waals surface area contributed by atoms with Crippen LogP contribution in [0.1, 0.15) is 24.0 Å². The Kier molecular flexibility index (Phi) is 5.47. The number of carbonyl (C=O) groups is 1. The highest BCUT2D eigenvalue weighted by molar-refractivity contribution is 6.01. The summed E-state index contributed by atoms with van der Waals surface area (Å²) in [7, 11) is 0. The fourth-order valence-corrected chi connectivity index (χ4v) is 4.54. The standard InChI is InChI=1S/C27H29N3O/c31-26(27(15-16-27)23-9-5-2-6-10-23)28-24-11-13-25(14-12-24)30-19-17-29(18-20-30)21-22-7-3-1-4-8-22/h1-14H,15-21H2,(H,28,31). The Bertz CT molecular complexity index is 1010. The largest absolute Gasteiger partial charge is 0.369 e. The van der Waals surface area contributed by atoms with Crippen LogP contribution in [-0.2, 0) is 16.8 Å². The van der Waals surface area contributed by atoms with Gasteiger partial charge in [0.25, 0.3) is 0 Å². The molecular formula is C27H29N3O. The van der Waals surface area contributed by atoms with Crippen LogP contribution in [-0.4, -0.2) is 37.0 Å². The number of benzene rings is 3. The molecule has 4 heteroatoms. The quantitative estimate of drug-likeness (QED) is 0.640. The lowest BCUT2D eigenvalue weighted by Crippen LogP contribution is -2.45. The first-order chi connectivity index (χ1) is 15.2. The number of hydrogen-bond donors (Lipinski definition) is 1. The normalized spacial score (nSPS) is 17.9. The van der Waals surface area contributed by atoms with Gasteiger partial charge in [0.1, 0.15) is 0 Å². The molecule has 1 amide bonds. The van der Waals surface area contributed by atoms with E-state index in [1.807, 2.05) is 30.3 Å². The second-order valence-electron chi connectivity index (χ2n) is 8.70. The molecule has 0 bridgehead atoms. The minimum atomic E-state index is -0.338. The van der Waals surface area contributed by atoms with Gasteiger partial charge in [0.15, 0.2) is 0 Å². The molecule has 3 aromatic carbocycles. The van der Waals surface area contributed by atoms with Crippen molar-refractivity contribution in [3.05, 3.63) is 96.1 Å². The summed E-state index contributed by atoms with van der Waals surface area (Å²) < 4.78 is 0. The minimum Gasteiger partial charge on any atom is -0.369 e. The summed E-state index contributed by atoms with van der Waals surface area (Å²) in [6, 6.07) is 29.1. The number of nitrogens with one attached hydrogen (secondary N) is 1. The van der Waals surface area contributed by atoms with Crippen molar-refractivity contribution >= 4 is 17.3 Å². The fraction of sp³-hybridized carbons (Fsp3) is 0.296. The van der Waals surface area contributed by atoms with Gasteiger partial charge < -0.3 is 10.2 Å². The topological polar surface area (TPSA) is 35.6 Å². The Hall–Kier alpha value is -3.11. The van der Waals surface area contributed by atoms with Crippen molar-refractivity contribution in [1.29, 1.82) is 0 Å². The van der Waals surface area contributed by atoms with E-state index in [0.717, 1.165) is 56.8 Å². The van der Waals surface area contributed by atoms with Crippen molar-refractivity contribution in [1.82, 2.24) is 4.90 Å². The van der Waals surface area contributed by atoms with E-state index in [9.17, 15) is 4.79 Å². The molecule has 1 N–H and O–H groups in total. The number of amides is 1. The maximum absolute atomic E-state index is 12.9. The molecule has 1 heterocycles. The lowest BCUT2D eigenvalue weighted by molar-refractivity contribution is -0.118. The highest BCUT2D eigenvalue weighted by Crippen LogP contribution is 2.48. The van der Waals surface area contributed by atoms with Crippen molar-refractivity contribution in [2.75, 3.05) is 36.4 Å². The summed E-state index contributed by atoms with van der Waals surface area (Å²) in [5, 5.41) is 3.14. The number of carbonyl (C=O) groups excluding carboxylic acids is 1. The summed E-state index contributed by atoms with van der Waals surface area (Å²) in [6.07, 6.45) is 1.85. The molecule has 1 saturated carbocycles. The molecule has 1 aliphatic heterocycles. The molecule has 31 heavy (non-hydrogen) atoms. The van der Waals surface area contributed by atoms with Crippen molar-refractivity contribution < 1.29 is 4.79 Å². The van der Waals surface area contributed by atoms with E-state index in [1.165, 1.54) is 11.3 Å². The van der Waals surface area contributed by atoms with Gasteiger partial charge in [0, 0.05) is 44.1 Å². The molecule has 5 rings (SSSR count). The molecule has 0 aromatic heterocycles. The van der Waals surface area contributed by atoms with Crippen molar-refractivity contribution in [3.8, 4) is 0 Å². The third-order valence-electron chi connectivity index (χ3n) is 6.62. The molecule has 1 aliphatic carbocycles. The Morgan fingerprint density at radius 2 is 1.39 bits per heavy atom. The molecular weight excluding hydrogens is 382 g/mol. The molecule has 2 aliphatic rings. The third-order valence-corrected chi connectivity index (χ3v) is 6.62. The zero-order chi connectivity index (χ0) is 21.1. The fourth-order valence-electron chi connectivity index (χ4n) is 4.54. The van der Waals surface area contributed by atoms with Gasteiger partial charge in [-0.05, 0) is 48.2 Å².